The SMILES string of the molecule is CC(=O)[C@]12CC[C@@H](C)[C@@](C)(O)C1C1=CCC3[C@@]4(C)C[C@@H](O)[C@H](OC(=O)/C=C\c5ccc(O)cc5)C(C)(C)C4CC[C@@]3(C)[C@]1(C)CC2. The summed E-state index contributed by atoms with van der Waals surface area (Å²) in [6.45, 7) is 17.5. The molecule has 46 heavy (non-hydrogen) atoms. The molecule has 3 unspecified atom stereocenters. The normalized spacial score (nSPS) is 46.3. The standard InChI is InChI=1S/C40H56O6/c1-24-17-20-40(25(2)41)22-21-37(6)28(33(40)39(24,8)45)14-15-31-36(5)23-29(43)34(35(3,4)30(36)18-19-38(31,37)7)46-32(44)16-11-26-9-12-27(42)13-10-26/h9-14,16,24,29-31,33-34,42-43,45H,15,17-23H2,1-8H3/b16-11-/t24-,29-,30?,31?,33?,34+,36+,37-,38-,39-,40-/m1/s1. The summed E-state index contributed by atoms with van der Waals surface area (Å²) in [5.74, 6) is 0.426. The number of hydrogen-bond donors (Lipinski definition) is 3. The minimum atomic E-state index is -0.946. The number of phenols is 1. The molecule has 0 bridgehead atoms. The third kappa shape index (κ3) is 4.55. The number of fused-ring (bicyclic) bond motifs is 7. The van der Waals surface area contributed by atoms with Crippen molar-refractivity contribution >= 4 is 17.8 Å². The molecule has 0 aromatic heterocycles. The van der Waals surface area contributed by atoms with Crippen LogP contribution < -0.4 is 0 Å². The summed E-state index contributed by atoms with van der Waals surface area (Å²) in [6, 6.07) is 6.61. The number of hydrogen-bond acceptors (Lipinski definition) is 6. The average molecular weight is 633 g/mol. The van der Waals surface area contributed by atoms with Gasteiger partial charge in [-0.2, -0.15) is 0 Å². The maximum atomic E-state index is 13.5. The monoisotopic (exact) mass is 632 g/mol. The number of carbonyl (C=O) groups excluding carboxylic acids is 2. The molecular weight excluding hydrogens is 576 g/mol. The van der Waals surface area contributed by atoms with Crippen LogP contribution >= 0.6 is 0 Å². The van der Waals surface area contributed by atoms with Gasteiger partial charge in [-0.1, -0.05) is 65.3 Å². The second-order valence-electron chi connectivity index (χ2n) is 17.5. The van der Waals surface area contributed by atoms with Crippen LogP contribution in [0.4, 0.5) is 0 Å². The zero-order valence-corrected chi connectivity index (χ0v) is 29.2. The number of allylic oxidation sites excluding steroid dienone is 1. The Bertz CT molecular complexity index is 1450. The maximum absolute atomic E-state index is 13.5. The molecule has 4 saturated carbocycles. The molecule has 6 nitrogen and oxygen atoms in total. The number of aromatic hydroxyl groups is 1. The van der Waals surface area contributed by atoms with E-state index in [9.17, 15) is 24.9 Å². The summed E-state index contributed by atoms with van der Waals surface area (Å²) in [5.41, 5.74) is -0.193. The Balaban J connectivity index is 1.31. The molecule has 252 valence electrons. The van der Waals surface area contributed by atoms with E-state index in [1.165, 1.54) is 11.6 Å². The molecule has 5 aliphatic rings. The topological polar surface area (TPSA) is 104 Å². The highest BCUT2D eigenvalue weighted by atomic mass is 16.6. The second kappa shape index (κ2) is 10.8. The number of esters is 1. The molecule has 3 N–H and O–H groups in total. The number of aliphatic hydroxyl groups excluding tert-OH is 1. The fourth-order valence-electron chi connectivity index (χ4n) is 12.3. The van der Waals surface area contributed by atoms with E-state index in [4.69, 9.17) is 4.74 Å². The van der Waals surface area contributed by atoms with Gasteiger partial charge >= 0.3 is 5.97 Å². The fourth-order valence-corrected chi connectivity index (χ4v) is 12.3. The van der Waals surface area contributed by atoms with Crippen LogP contribution in [0.2, 0.25) is 0 Å². The number of phenolic OH excluding ortho intramolecular Hbond substituents is 1. The molecule has 1 aromatic carbocycles. The van der Waals surface area contributed by atoms with Crippen molar-refractivity contribution < 1.29 is 29.6 Å². The molecule has 0 heterocycles. The molecule has 4 fully saturated rings. The average Bonchev–Trinajstić information content (AvgIpc) is 2.97. The maximum Gasteiger partial charge on any atom is 0.331 e. The molecular formula is C40H56O6. The number of rotatable bonds is 4. The van der Waals surface area contributed by atoms with Crippen molar-refractivity contribution in [3.63, 3.8) is 0 Å². The van der Waals surface area contributed by atoms with E-state index in [2.05, 4.69) is 47.6 Å². The van der Waals surface area contributed by atoms with Gasteiger partial charge in [-0.3, -0.25) is 4.79 Å². The van der Waals surface area contributed by atoms with Crippen LogP contribution in [-0.4, -0.2) is 44.9 Å². The minimum absolute atomic E-state index is 0.0613. The fraction of sp³-hybridized carbons (Fsp3) is 0.700. The third-order valence-electron chi connectivity index (χ3n) is 15.2. The largest absolute Gasteiger partial charge is 0.508 e. The van der Waals surface area contributed by atoms with Gasteiger partial charge in [-0.15, -0.1) is 0 Å². The number of Topliss-reactive ketones (excluding diaryl/α,β-unsaturated/α-hetero) is 1. The smallest absolute Gasteiger partial charge is 0.331 e. The van der Waals surface area contributed by atoms with E-state index < -0.39 is 34.6 Å². The molecule has 5 aliphatic carbocycles. The predicted molar refractivity (Wildman–Crippen MR) is 180 cm³/mol. The first kappa shape index (κ1) is 33.5. The number of ketones is 1. The van der Waals surface area contributed by atoms with Crippen LogP contribution in [0.3, 0.4) is 0 Å². The lowest BCUT2D eigenvalue weighted by Crippen LogP contribution is -2.69. The summed E-state index contributed by atoms with van der Waals surface area (Å²) < 4.78 is 6.05. The first-order chi connectivity index (χ1) is 21.3. The lowest BCUT2D eigenvalue weighted by atomic mass is 9.32. The molecule has 0 saturated heterocycles. The Kier molecular flexibility index (Phi) is 7.84. The van der Waals surface area contributed by atoms with Crippen molar-refractivity contribution in [3.8, 4) is 5.75 Å². The van der Waals surface area contributed by atoms with E-state index in [0.29, 0.717) is 12.3 Å². The van der Waals surface area contributed by atoms with Crippen LogP contribution in [0.1, 0.15) is 112 Å². The summed E-state index contributed by atoms with van der Waals surface area (Å²) in [6.07, 6.45) is 11.0. The number of carbonyl (C=O) groups is 2. The van der Waals surface area contributed by atoms with Gasteiger partial charge in [0.25, 0.3) is 0 Å². The molecule has 0 amide bonds. The Hall–Kier alpha value is -2.44. The van der Waals surface area contributed by atoms with Gasteiger partial charge in [0.1, 0.15) is 17.6 Å². The van der Waals surface area contributed by atoms with Gasteiger partial charge in [0.05, 0.1) is 11.7 Å². The molecule has 11 atom stereocenters. The van der Waals surface area contributed by atoms with Gasteiger partial charge in [-0.25, -0.2) is 4.79 Å². The number of benzene rings is 1. The molecule has 0 radical (unpaired) electrons. The van der Waals surface area contributed by atoms with Crippen molar-refractivity contribution in [2.75, 3.05) is 0 Å². The lowest BCUT2D eigenvalue weighted by Gasteiger charge is -2.72. The summed E-state index contributed by atoms with van der Waals surface area (Å²) in [7, 11) is 0. The van der Waals surface area contributed by atoms with Crippen LogP contribution in [0.25, 0.3) is 6.08 Å². The Morgan fingerprint density at radius 1 is 0.935 bits per heavy atom. The van der Waals surface area contributed by atoms with Crippen molar-refractivity contribution in [2.45, 2.75) is 125 Å². The van der Waals surface area contributed by atoms with Gasteiger partial charge in [0, 0.05) is 22.8 Å². The zero-order chi connectivity index (χ0) is 33.7. The van der Waals surface area contributed by atoms with E-state index in [1.54, 1.807) is 37.3 Å². The van der Waals surface area contributed by atoms with Crippen molar-refractivity contribution in [1.29, 1.82) is 0 Å². The van der Waals surface area contributed by atoms with Gasteiger partial charge in [-0.05, 0) is 123 Å². The van der Waals surface area contributed by atoms with Crippen molar-refractivity contribution in [2.24, 2.45) is 50.7 Å². The quantitative estimate of drug-likeness (QED) is 0.179. The summed E-state index contributed by atoms with van der Waals surface area (Å²) in [5, 5.41) is 33.5. The molecule has 6 rings (SSSR count). The Morgan fingerprint density at radius 2 is 1.61 bits per heavy atom. The summed E-state index contributed by atoms with van der Waals surface area (Å²) >= 11 is 0. The van der Waals surface area contributed by atoms with Crippen molar-refractivity contribution in [1.82, 2.24) is 0 Å². The first-order valence-electron chi connectivity index (χ1n) is 17.6. The van der Waals surface area contributed by atoms with Crippen LogP contribution in [0.15, 0.2) is 42.0 Å². The van der Waals surface area contributed by atoms with Crippen LogP contribution in [-0.2, 0) is 14.3 Å². The second-order valence-corrected chi connectivity index (χ2v) is 17.5. The third-order valence-corrected chi connectivity index (χ3v) is 15.2. The van der Waals surface area contributed by atoms with E-state index in [-0.39, 0.29) is 45.5 Å². The number of ether oxygens (including phenoxy) is 1. The lowest BCUT2D eigenvalue weighted by molar-refractivity contribution is -0.241. The minimum Gasteiger partial charge on any atom is -0.508 e. The predicted octanol–water partition coefficient (Wildman–Crippen LogP) is 7.65. The highest BCUT2D eigenvalue weighted by Crippen LogP contribution is 2.76. The van der Waals surface area contributed by atoms with E-state index >= 15 is 0 Å². The van der Waals surface area contributed by atoms with E-state index in [0.717, 1.165) is 50.5 Å². The van der Waals surface area contributed by atoms with Crippen molar-refractivity contribution in [3.05, 3.63) is 47.6 Å². The van der Waals surface area contributed by atoms with Crippen LogP contribution in [0.5, 0.6) is 5.75 Å². The summed E-state index contributed by atoms with van der Waals surface area (Å²) in [4.78, 5) is 26.5. The van der Waals surface area contributed by atoms with Gasteiger partial charge in [0.15, 0.2) is 0 Å². The zero-order valence-electron chi connectivity index (χ0n) is 29.2. The Morgan fingerprint density at radius 3 is 2.26 bits per heavy atom. The molecule has 0 spiro atoms. The van der Waals surface area contributed by atoms with E-state index in [1.807, 2.05) is 6.92 Å². The van der Waals surface area contributed by atoms with Crippen LogP contribution in [0, 0.1) is 50.7 Å². The Labute approximate surface area is 275 Å². The molecule has 0 aliphatic heterocycles. The number of aliphatic hydroxyl groups is 2. The first-order valence-corrected chi connectivity index (χ1v) is 17.6. The van der Waals surface area contributed by atoms with Gasteiger partial charge < -0.3 is 20.1 Å². The molecule has 1 aromatic rings. The highest BCUT2D eigenvalue weighted by molar-refractivity contribution is 5.87. The highest BCUT2D eigenvalue weighted by Gasteiger charge is 2.71. The van der Waals surface area contributed by atoms with Gasteiger partial charge in [0.2, 0.25) is 0 Å². The molecule has 6 heteroatoms.